The molecule has 0 aliphatic carbocycles. The second-order valence-corrected chi connectivity index (χ2v) is 5.86. The molecule has 156 valence electrons. The van der Waals surface area contributed by atoms with Gasteiger partial charge < -0.3 is 9.57 Å². The van der Waals surface area contributed by atoms with Crippen LogP contribution in [0.4, 0.5) is 17.6 Å². The van der Waals surface area contributed by atoms with Crippen molar-refractivity contribution in [2.24, 2.45) is 12.2 Å². The lowest BCUT2D eigenvalue weighted by atomic mass is 10.2. The van der Waals surface area contributed by atoms with E-state index in [2.05, 4.69) is 14.7 Å². The Morgan fingerprint density at radius 1 is 1.28 bits per heavy atom. The molecule has 13 heteroatoms. The minimum atomic E-state index is -4.96. The third-order valence-corrected chi connectivity index (χ3v) is 3.92. The van der Waals surface area contributed by atoms with Crippen molar-refractivity contribution in [2.75, 3.05) is 13.7 Å². The molecule has 0 bridgehead atoms. The maximum absolute atomic E-state index is 14.3. The minimum absolute atomic E-state index is 0.0400. The summed E-state index contributed by atoms with van der Waals surface area (Å²) in [5, 5.41) is 3.21. The quantitative estimate of drug-likeness (QED) is 0.308. The summed E-state index contributed by atoms with van der Waals surface area (Å²) in [4.78, 5) is 40.0. The summed E-state index contributed by atoms with van der Waals surface area (Å²) in [6.07, 6.45) is -4.01. The molecule has 0 atom stereocenters. The van der Waals surface area contributed by atoms with Gasteiger partial charge in [-0.25, -0.2) is 18.5 Å². The lowest BCUT2D eigenvalue weighted by Gasteiger charge is -2.14. The lowest BCUT2D eigenvalue weighted by Crippen LogP contribution is -2.41. The minimum Gasteiger partial charge on any atom is -0.466 e. The second-order valence-electron chi connectivity index (χ2n) is 5.45. The van der Waals surface area contributed by atoms with Gasteiger partial charge in [-0.05, 0) is 12.1 Å². The van der Waals surface area contributed by atoms with Crippen molar-refractivity contribution < 1.29 is 31.9 Å². The predicted octanol–water partition coefficient (Wildman–Crippen LogP) is 1.87. The van der Waals surface area contributed by atoms with Gasteiger partial charge in [-0.3, -0.25) is 9.36 Å². The topological polar surface area (TPSA) is 91.9 Å². The Kier molecular flexibility index (Phi) is 6.47. The summed E-state index contributed by atoms with van der Waals surface area (Å²) in [7, 11) is 1.92. The first-order valence-electron chi connectivity index (χ1n) is 7.59. The Hall–Kier alpha value is -3.15. The van der Waals surface area contributed by atoms with Crippen molar-refractivity contribution in [3.05, 3.63) is 61.1 Å². The monoisotopic (exact) mass is 437 g/mol. The molecule has 0 spiro atoms. The summed E-state index contributed by atoms with van der Waals surface area (Å²) >= 11 is 5.86. The molecular weight excluding hydrogens is 426 g/mol. The summed E-state index contributed by atoms with van der Waals surface area (Å²) in [6, 6.07) is 1.82. The number of ether oxygens (including phenoxy) is 1. The third-order valence-electron chi connectivity index (χ3n) is 3.59. The molecule has 0 radical (unpaired) electrons. The number of hydrogen-bond acceptors (Lipinski definition) is 6. The molecule has 0 saturated heterocycles. The summed E-state index contributed by atoms with van der Waals surface area (Å²) in [5.41, 5.74) is -5.00. The number of hydrogen-bond donors (Lipinski definition) is 0. The fourth-order valence-corrected chi connectivity index (χ4v) is 2.39. The lowest BCUT2D eigenvalue weighted by molar-refractivity contribution is -0.146. The van der Waals surface area contributed by atoms with Crippen LogP contribution in [0, 0.1) is 5.82 Å². The highest BCUT2D eigenvalue weighted by Gasteiger charge is 2.35. The van der Waals surface area contributed by atoms with Crippen LogP contribution < -0.4 is 11.2 Å². The Morgan fingerprint density at radius 2 is 1.93 bits per heavy atom. The molecule has 2 rings (SSSR count). The zero-order valence-electron chi connectivity index (χ0n) is 14.8. The van der Waals surface area contributed by atoms with E-state index in [-0.39, 0.29) is 25.8 Å². The van der Waals surface area contributed by atoms with Gasteiger partial charge in [0.05, 0.1) is 24.0 Å². The van der Waals surface area contributed by atoms with E-state index in [1.165, 1.54) is 0 Å². The second kappa shape index (κ2) is 8.47. The molecule has 29 heavy (non-hydrogen) atoms. The zero-order valence-corrected chi connectivity index (χ0v) is 15.5. The number of esters is 1. The number of carbonyl (C=O) groups excluding carboxylic acids is 1. The maximum atomic E-state index is 14.3. The van der Waals surface area contributed by atoms with Crippen molar-refractivity contribution in [2.45, 2.75) is 6.18 Å². The molecule has 2 aromatic rings. The van der Waals surface area contributed by atoms with E-state index in [1.54, 1.807) is 0 Å². The van der Waals surface area contributed by atoms with E-state index < -0.39 is 47.2 Å². The van der Waals surface area contributed by atoms with E-state index in [0.29, 0.717) is 0 Å². The largest absolute Gasteiger partial charge is 0.466 e. The summed E-state index contributed by atoms with van der Waals surface area (Å²) in [6.45, 7) is -0.530. The van der Waals surface area contributed by atoms with Gasteiger partial charge in [0.1, 0.15) is 11.5 Å². The first kappa shape index (κ1) is 22.1. The van der Waals surface area contributed by atoms with Crippen molar-refractivity contribution >= 4 is 23.8 Å². The normalized spacial score (nSPS) is 11.7. The van der Waals surface area contributed by atoms with Crippen LogP contribution in [0.2, 0.25) is 5.02 Å². The highest BCUT2D eigenvalue weighted by Crippen LogP contribution is 2.27. The first-order chi connectivity index (χ1) is 13.5. The molecule has 0 N–H and O–H groups in total. The van der Waals surface area contributed by atoms with Crippen LogP contribution in [0.15, 0.2) is 32.9 Å². The maximum Gasteiger partial charge on any atom is 0.431 e. The predicted molar refractivity (Wildman–Crippen MR) is 92.8 cm³/mol. The van der Waals surface area contributed by atoms with Crippen molar-refractivity contribution in [3.8, 4) is 5.69 Å². The molecule has 0 amide bonds. The Labute approximate surface area is 164 Å². The van der Waals surface area contributed by atoms with Crippen LogP contribution in [0.3, 0.4) is 0 Å². The van der Waals surface area contributed by atoms with E-state index in [4.69, 9.17) is 11.6 Å². The van der Waals surface area contributed by atoms with Gasteiger partial charge in [-0.15, -0.1) is 0 Å². The van der Waals surface area contributed by atoms with Gasteiger partial charge in [0.2, 0.25) is 6.61 Å². The number of benzene rings is 1. The van der Waals surface area contributed by atoms with E-state index in [1.807, 2.05) is 0 Å². The molecule has 0 saturated carbocycles. The average Bonchev–Trinajstić information content (AvgIpc) is 2.63. The number of halogens is 5. The van der Waals surface area contributed by atoms with Gasteiger partial charge in [0.15, 0.2) is 0 Å². The van der Waals surface area contributed by atoms with Crippen molar-refractivity contribution in [3.63, 3.8) is 0 Å². The number of nitrogens with zero attached hydrogens (tertiary/aromatic N) is 3. The third kappa shape index (κ3) is 4.83. The zero-order chi connectivity index (χ0) is 21.9. The Bertz CT molecular complexity index is 1090. The number of aromatic nitrogens is 2. The summed E-state index contributed by atoms with van der Waals surface area (Å²) < 4.78 is 57.8. The number of methoxy groups -OCH3 is 1. The Morgan fingerprint density at radius 3 is 2.52 bits per heavy atom. The number of alkyl halides is 3. The van der Waals surface area contributed by atoms with Gasteiger partial charge in [0.25, 0.3) is 5.56 Å². The van der Waals surface area contributed by atoms with Crippen LogP contribution >= 0.6 is 11.6 Å². The van der Waals surface area contributed by atoms with E-state index >= 15 is 0 Å². The molecule has 0 unspecified atom stereocenters. The molecule has 0 fully saturated rings. The van der Waals surface area contributed by atoms with Crippen molar-refractivity contribution in [1.29, 1.82) is 0 Å². The summed E-state index contributed by atoms with van der Waals surface area (Å²) in [5.74, 6) is -1.87. The number of rotatable bonds is 5. The molecule has 8 nitrogen and oxygen atoms in total. The standard InChI is InChI=1S/C16H12ClF4N3O5/c1-23-12(16(19,20)21)5-13(25)24(15(23)27)11-3-8(9(17)4-10(11)18)6-22-29-7-14(26)28-2/h3-6H,7H2,1-2H3/b22-6+. The SMILES string of the molecule is COC(=O)CO/N=C/c1cc(-n2c(=O)cc(C(F)(F)F)n(C)c2=O)c(F)cc1Cl. The molecule has 1 aromatic carbocycles. The number of oxime groups is 1. The van der Waals surface area contributed by atoms with Crippen LogP contribution in [0.25, 0.3) is 5.69 Å². The van der Waals surface area contributed by atoms with Gasteiger partial charge in [-0.1, -0.05) is 16.8 Å². The Balaban J connectivity index is 2.55. The number of carbonyl (C=O) groups is 1. The van der Waals surface area contributed by atoms with Crippen molar-refractivity contribution in [1.82, 2.24) is 9.13 Å². The molecule has 1 aromatic heterocycles. The first-order valence-corrected chi connectivity index (χ1v) is 7.97. The van der Waals surface area contributed by atoms with Gasteiger partial charge in [-0.2, -0.15) is 13.2 Å². The highest BCUT2D eigenvalue weighted by atomic mass is 35.5. The van der Waals surface area contributed by atoms with Gasteiger partial charge in [0, 0.05) is 18.7 Å². The van der Waals surface area contributed by atoms with Crippen LogP contribution in [0.5, 0.6) is 0 Å². The molecule has 0 aliphatic rings. The molecule has 1 heterocycles. The van der Waals surface area contributed by atoms with Crippen LogP contribution in [-0.2, 0) is 27.6 Å². The molecular formula is C16H12ClF4N3O5. The molecule has 0 aliphatic heterocycles. The van der Waals surface area contributed by atoms with E-state index in [9.17, 15) is 31.9 Å². The highest BCUT2D eigenvalue weighted by molar-refractivity contribution is 6.33. The van der Waals surface area contributed by atoms with Gasteiger partial charge >= 0.3 is 17.8 Å². The smallest absolute Gasteiger partial charge is 0.431 e. The average molecular weight is 438 g/mol. The fraction of sp³-hybridized carbons (Fsp3) is 0.250. The van der Waals surface area contributed by atoms with E-state index in [0.717, 1.165) is 32.5 Å². The van der Waals surface area contributed by atoms with Crippen LogP contribution in [0.1, 0.15) is 11.3 Å². The van der Waals surface area contributed by atoms with Crippen LogP contribution in [-0.4, -0.2) is 35.0 Å². The fourth-order valence-electron chi connectivity index (χ4n) is 2.19.